The summed E-state index contributed by atoms with van der Waals surface area (Å²) in [5.74, 6) is 2.91. The Morgan fingerprint density at radius 3 is 2.03 bits per heavy atom. The second kappa shape index (κ2) is 13.3. The van der Waals surface area contributed by atoms with E-state index in [1.807, 2.05) is 36.4 Å². The van der Waals surface area contributed by atoms with Crippen molar-refractivity contribution in [3.8, 4) is 11.5 Å². The van der Waals surface area contributed by atoms with Crippen molar-refractivity contribution < 1.29 is 14.3 Å². The first-order valence-corrected chi connectivity index (χ1v) is 12.7. The molecule has 0 heterocycles. The van der Waals surface area contributed by atoms with Crippen LogP contribution < -0.4 is 9.47 Å². The molecular weight excluding hydrogens is 396 g/mol. The first-order chi connectivity index (χ1) is 15.7. The van der Waals surface area contributed by atoms with Crippen LogP contribution in [0.2, 0.25) is 0 Å². The van der Waals surface area contributed by atoms with Gasteiger partial charge in [-0.15, -0.1) is 0 Å². The van der Waals surface area contributed by atoms with E-state index in [1.54, 1.807) is 12.1 Å². The maximum atomic E-state index is 12.4. The summed E-state index contributed by atoms with van der Waals surface area (Å²) >= 11 is 0. The number of rotatable bonds is 12. The first-order valence-electron chi connectivity index (χ1n) is 12.7. The molecule has 0 saturated heterocycles. The van der Waals surface area contributed by atoms with Gasteiger partial charge in [-0.05, 0) is 79.5 Å². The minimum atomic E-state index is -0.337. The Hall–Kier alpha value is -2.29. The molecule has 3 nitrogen and oxygen atoms in total. The number of ether oxygens (including phenoxy) is 2. The number of esters is 1. The Labute approximate surface area is 194 Å². The highest BCUT2D eigenvalue weighted by Gasteiger charge is 2.20. The van der Waals surface area contributed by atoms with Gasteiger partial charge in [0.1, 0.15) is 11.5 Å². The number of aryl methyl sites for hydroxylation is 1. The number of benzene rings is 2. The normalized spacial score (nSPS) is 18.3. The van der Waals surface area contributed by atoms with Crippen LogP contribution in [0.25, 0.3) is 0 Å². The molecular formula is C29H40O3. The Morgan fingerprint density at radius 2 is 1.41 bits per heavy atom. The van der Waals surface area contributed by atoms with Crippen molar-refractivity contribution in [1.29, 1.82) is 0 Å². The van der Waals surface area contributed by atoms with E-state index in [0.29, 0.717) is 11.3 Å². The SMILES string of the molecule is CCCCc1ccc(OC(=O)c2ccc(OCCCC3CCC(CCC)CC3)cc2)cc1. The largest absolute Gasteiger partial charge is 0.494 e. The summed E-state index contributed by atoms with van der Waals surface area (Å²) in [6.07, 6.45) is 14.1. The summed E-state index contributed by atoms with van der Waals surface area (Å²) in [4.78, 5) is 12.4. The molecule has 0 aliphatic heterocycles. The van der Waals surface area contributed by atoms with E-state index in [4.69, 9.17) is 9.47 Å². The van der Waals surface area contributed by atoms with Crippen LogP contribution in [-0.4, -0.2) is 12.6 Å². The van der Waals surface area contributed by atoms with Crippen LogP contribution >= 0.6 is 0 Å². The molecule has 2 aromatic rings. The molecule has 0 N–H and O–H groups in total. The fourth-order valence-electron chi connectivity index (χ4n) is 4.74. The Bertz CT molecular complexity index is 786. The van der Waals surface area contributed by atoms with Crippen LogP contribution in [0.15, 0.2) is 48.5 Å². The molecule has 0 aromatic heterocycles. The Morgan fingerprint density at radius 1 is 0.781 bits per heavy atom. The average molecular weight is 437 g/mol. The number of carbonyl (C=O) groups is 1. The van der Waals surface area contributed by atoms with Gasteiger partial charge in [0.25, 0.3) is 0 Å². The highest BCUT2D eigenvalue weighted by atomic mass is 16.5. The summed E-state index contributed by atoms with van der Waals surface area (Å²) < 4.78 is 11.4. The number of carbonyl (C=O) groups excluding carboxylic acids is 1. The van der Waals surface area contributed by atoms with E-state index in [9.17, 15) is 4.79 Å². The number of hydrogen-bond acceptors (Lipinski definition) is 3. The van der Waals surface area contributed by atoms with E-state index < -0.39 is 0 Å². The van der Waals surface area contributed by atoms with Gasteiger partial charge in [0.05, 0.1) is 12.2 Å². The minimum absolute atomic E-state index is 0.337. The van der Waals surface area contributed by atoms with Gasteiger partial charge in [0.15, 0.2) is 0 Å². The van der Waals surface area contributed by atoms with Gasteiger partial charge in [-0.3, -0.25) is 0 Å². The molecule has 0 radical (unpaired) electrons. The molecule has 2 aromatic carbocycles. The van der Waals surface area contributed by atoms with E-state index >= 15 is 0 Å². The van der Waals surface area contributed by atoms with Gasteiger partial charge >= 0.3 is 5.97 Å². The van der Waals surface area contributed by atoms with Crippen molar-refractivity contribution in [3.05, 3.63) is 59.7 Å². The predicted molar refractivity (Wildman–Crippen MR) is 132 cm³/mol. The second-order valence-electron chi connectivity index (χ2n) is 9.33. The van der Waals surface area contributed by atoms with Crippen LogP contribution in [0.5, 0.6) is 11.5 Å². The quantitative estimate of drug-likeness (QED) is 0.192. The molecule has 0 bridgehead atoms. The molecule has 174 valence electrons. The van der Waals surface area contributed by atoms with Crippen LogP contribution in [0.1, 0.15) is 94.0 Å². The minimum Gasteiger partial charge on any atom is -0.494 e. The fourth-order valence-corrected chi connectivity index (χ4v) is 4.74. The molecule has 0 unspecified atom stereocenters. The van der Waals surface area contributed by atoms with E-state index in [2.05, 4.69) is 13.8 Å². The third-order valence-corrected chi connectivity index (χ3v) is 6.73. The molecule has 1 fully saturated rings. The lowest BCUT2D eigenvalue weighted by Gasteiger charge is -2.28. The monoisotopic (exact) mass is 436 g/mol. The van der Waals surface area contributed by atoms with Gasteiger partial charge in [-0.2, -0.15) is 0 Å². The van der Waals surface area contributed by atoms with Crippen molar-refractivity contribution >= 4 is 5.97 Å². The summed E-state index contributed by atoms with van der Waals surface area (Å²) in [6, 6.07) is 15.1. The van der Waals surface area contributed by atoms with Crippen LogP contribution in [-0.2, 0) is 6.42 Å². The molecule has 1 saturated carbocycles. The Kier molecular flexibility index (Phi) is 10.1. The topological polar surface area (TPSA) is 35.5 Å². The van der Waals surface area contributed by atoms with Crippen molar-refractivity contribution in [2.75, 3.05) is 6.61 Å². The first kappa shape index (κ1) is 24.4. The highest BCUT2D eigenvalue weighted by Crippen LogP contribution is 2.33. The van der Waals surface area contributed by atoms with E-state index in [0.717, 1.165) is 37.0 Å². The van der Waals surface area contributed by atoms with Gasteiger partial charge in [-0.1, -0.05) is 70.9 Å². The lowest BCUT2D eigenvalue weighted by Crippen LogP contribution is -2.15. The average Bonchev–Trinajstić information content (AvgIpc) is 2.83. The third-order valence-electron chi connectivity index (χ3n) is 6.73. The highest BCUT2D eigenvalue weighted by molar-refractivity contribution is 5.91. The van der Waals surface area contributed by atoms with Gasteiger partial charge < -0.3 is 9.47 Å². The molecule has 3 rings (SSSR count). The molecule has 3 heteroatoms. The Balaban J connectivity index is 1.36. The molecule has 0 atom stereocenters. The van der Waals surface area contributed by atoms with Crippen molar-refractivity contribution in [3.63, 3.8) is 0 Å². The van der Waals surface area contributed by atoms with Crippen molar-refractivity contribution in [2.24, 2.45) is 11.8 Å². The van der Waals surface area contributed by atoms with Crippen LogP contribution in [0.3, 0.4) is 0 Å². The second-order valence-corrected chi connectivity index (χ2v) is 9.33. The van der Waals surface area contributed by atoms with Crippen LogP contribution in [0, 0.1) is 11.8 Å². The lowest BCUT2D eigenvalue weighted by atomic mass is 9.78. The summed E-state index contributed by atoms with van der Waals surface area (Å²) in [5, 5.41) is 0. The van der Waals surface area contributed by atoms with Crippen molar-refractivity contribution in [1.82, 2.24) is 0 Å². The molecule has 0 spiro atoms. The zero-order valence-electron chi connectivity index (χ0n) is 20.0. The summed E-state index contributed by atoms with van der Waals surface area (Å²) in [7, 11) is 0. The smallest absolute Gasteiger partial charge is 0.343 e. The van der Waals surface area contributed by atoms with Crippen molar-refractivity contribution in [2.45, 2.75) is 84.5 Å². The van der Waals surface area contributed by atoms with E-state index in [1.165, 1.54) is 63.4 Å². The van der Waals surface area contributed by atoms with Crippen LogP contribution in [0.4, 0.5) is 0 Å². The molecule has 1 aliphatic carbocycles. The van der Waals surface area contributed by atoms with E-state index in [-0.39, 0.29) is 5.97 Å². The fraction of sp³-hybridized carbons (Fsp3) is 0.552. The summed E-state index contributed by atoms with van der Waals surface area (Å²) in [5.41, 5.74) is 1.81. The molecule has 32 heavy (non-hydrogen) atoms. The molecule has 0 amide bonds. The maximum absolute atomic E-state index is 12.4. The predicted octanol–water partition coefficient (Wildman–Crippen LogP) is 8.01. The number of unbranched alkanes of at least 4 members (excludes halogenated alkanes) is 1. The third kappa shape index (κ3) is 8.00. The zero-order valence-corrected chi connectivity index (χ0v) is 20.0. The molecule has 1 aliphatic rings. The standard InChI is InChI=1S/C29H40O3/c1-3-5-8-24-14-18-28(19-15-24)32-29(30)26-16-20-27(21-17-26)31-22-6-9-25-12-10-23(7-4-2)11-13-25/h14-21,23,25H,3-13,22H2,1-2H3. The number of hydrogen-bond donors (Lipinski definition) is 0. The van der Waals surface area contributed by atoms with Gasteiger partial charge in [-0.25, -0.2) is 4.79 Å². The lowest BCUT2D eigenvalue weighted by molar-refractivity contribution is 0.0734. The maximum Gasteiger partial charge on any atom is 0.343 e. The van der Waals surface area contributed by atoms with Gasteiger partial charge in [0, 0.05) is 0 Å². The summed E-state index contributed by atoms with van der Waals surface area (Å²) in [6.45, 7) is 5.22. The van der Waals surface area contributed by atoms with Gasteiger partial charge in [0.2, 0.25) is 0 Å². The zero-order chi connectivity index (χ0) is 22.6.